The number of benzene rings is 2. The van der Waals surface area contributed by atoms with Crippen LogP contribution in [0.4, 0.5) is 5.69 Å². The first-order valence-electron chi connectivity index (χ1n) is 8.40. The van der Waals surface area contributed by atoms with Crippen LogP contribution >= 0.6 is 11.8 Å². The molecule has 0 aliphatic carbocycles. The average Bonchev–Trinajstić information content (AvgIpc) is 2.59. The van der Waals surface area contributed by atoms with Gasteiger partial charge in [-0.25, -0.2) is 13.1 Å². The number of anilines is 1. The summed E-state index contributed by atoms with van der Waals surface area (Å²) in [5, 5.41) is 0.272. The van der Waals surface area contributed by atoms with Crippen LogP contribution in [-0.2, 0) is 21.4 Å². The Kier molecular flexibility index (Phi) is 5.41. The van der Waals surface area contributed by atoms with Crippen molar-refractivity contribution in [2.24, 2.45) is 0 Å². The fourth-order valence-electron chi connectivity index (χ4n) is 2.97. The highest BCUT2D eigenvalue weighted by molar-refractivity contribution is 8.00. The minimum Gasteiger partial charge on any atom is -0.310 e. The third-order valence-electron chi connectivity index (χ3n) is 4.23. The quantitative estimate of drug-likeness (QED) is 0.870. The second-order valence-electron chi connectivity index (χ2n) is 6.50. The molecule has 1 unspecified atom stereocenters. The SMILES string of the molecule is CC(=O)N1CC(C)Sc2ccc(S(=O)(=O)NCc3cccc(C)c3)cc21. The minimum absolute atomic E-state index is 0.0827. The van der Waals surface area contributed by atoms with Crippen LogP contribution in [0.25, 0.3) is 0 Å². The first-order chi connectivity index (χ1) is 12.3. The number of thioether (sulfide) groups is 1. The van der Waals surface area contributed by atoms with Gasteiger partial charge in [-0.1, -0.05) is 36.8 Å². The Labute approximate surface area is 158 Å². The fraction of sp³-hybridized carbons (Fsp3) is 0.316. The van der Waals surface area contributed by atoms with Crippen molar-refractivity contribution in [1.82, 2.24) is 4.72 Å². The van der Waals surface area contributed by atoms with Crippen LogP contribution in [0.15, 0.2) is 52.3 Å². The number of fused-ring (bicyclic) bond motifs is 1. The van der Waals surface area contributed by atoms with E-state index >= 15 is 0 Å². The molecule has 1 aliphatic rings. The molecule has 26 heavy (non-hydrogen) atoms. The molecule has 1 N–H and O–H groups in total. The molecule has 1 atom stereocenters. The van der Waals surface area contributed by atoms with Crippen molar-refractivity contribution in [2.45, 2.75) is 42.4 Å². The van der Waals surface area contributed by atoms with Gasteiger partial charge < -0.3 is 4.90 Å². The molecule has 2 aromatic carbocycles. The summed E-state index contributed by atoms with van der Waals surface area (Å²) in [6.07, 6.45) is 0. The summed E-state index contributed by atoms with van der Waals surface area (Å²) in [7, 11) is -3.66. The summed E-state index contributed by atoms with van der Waals surface area (Å²) < 4.78 is 28.0. The Morgan fingerprint density at radius 2 is 2.04 bits per heavy atom. The molecule has 1 aliphatic heterocycles. The highest BCUT2D eigenvalue weighted by Gasteiger charge is 2.27. The monoisotopic (exact) mass is 390 g/mol. The summed E-state index contributed by atoms with van der Waals surface area (Å²) in [6.45, 7) is 6.33. The zero-order chi connectivity index (χ0) is 18.9. The van der Waals surface area contributed by atoms with Gasteiger partial charge in [-0.15, -0.1) is 11.8 Å². The molecule has 0 radical (unpaired) electrons. The van der Waals surface area contributed by atoms with Crippen LogP contribution in [0.1, 0.15) is 25.0 Å². The second kappa shape index (κ2) is 7.42. The van der Waals surface area contributed by atoms with Gasteiger partial charge in [0.05, 0.1) is 10.6 Å². The topological polar surface area (TPSA) is 66.5 Å². The lowest BCUT2D eigenvalue weighted by atomic mass is 10.1. The molecule has 0 bridgehead atoms. The van der Waals surface area contributed by atoms with Gasteiger partial charge in [0.2, 0.25) is 15.9 Å². The Morgan fingerprint density at radius 3 is 2.73 bits per heavy atom. The van der Waals surface area contributed by atoms with Gasteiger partial charge in [0.1, 0.15) is 0 Å². The molecule has 0 saturated carbocycles. The Balaban J connectivity index is 1.86. The van der Waals surface area contributed by atoms with Gasteiger partial charge in [-0.3, -0.25) is 4.79 Å². The number of nitrogens with zero attached hydrogens (tertiary/aromatic N) is 1. The van der Waals surface area contributed by atoms with E-state index in [1.807, 2.05) is 31.2 Å². The third-order valence-corrected chi connectivity index (χ3v) is 6.78. The van der Waals surface area contributed by atoms with Crippen molar-refractivity contribution >= 4 is 33.4 Å². The highest BCUT2D eigenvalue weighted by Crippen LogP contribution is 2.39. The molecule has 0 saturated heterocycles. The van der Waals surface area contributed by atoms with Crippen molar-refractivity contribution in [1.29, 1.82) is 0 Å². The Bertz CT molecular complexity index is 942. The van der Waals surface area contributed by atoms with E-state index in [0.29, 0.717) is 12.2 Å². The number of rotatable bonds is 4. The van der Waals surface area contributed by atoms with Crippen molar-refractivity contribution in [3.63, 3.8) is 0 Å². The molecular formula is C19H22N2O3S2. The minimum atomic E-state index is -3.66. The second-order valence-corrected chi connectivity index (χ2v) is 9.75. The molecule has 0 fully saturated rings. The lowest BCUT2D eigenvalue weighted by Crippen LogP contribution is -2.37. The number of hydrogen-bond donors (Lipinski definition) is 1. The average molecular weight is 391 g/mol. The van der Waals surface area contributed by atoms with Crippen LogP contribution in [0, 0.1) is 6.92 Å². The zero-order valence-corrected chi connectivity index (χ0v) is 16.7. The normalized spacial score (nSPS) is 17.0. The number of hydrogen-bond acceptors (Lipinski definition) is 4. The largest absolute Gasteiger partial charge is 0.310 e. The zero-order valence-electron chi connectivity index (χ0n) is 15.0. The first kappa shape index (κ1) is 18.9. The van der Waals surface area contributed by atoms with E-state index in [0.717, 1.165) is 16.0 Å². The third kappa shape index (κ3) is 4.11. The molecule has 5 nitrogen and oxygen atoms in total. The predicted octanol–water partition coefficient (Wildman–Crippen LogP) is 3.32. The van der Waals surface area contributed by atoms with Crippen LogP contribution < -0.4 is 9.62 Å². The molecule has 1 heterocycles. The number of aryl methyl sites for hydroxylation is 1. The first-order valence-corrected chi connectivity index (χ1v) is 10.8. The molecule has 3 rings (SSSR count). The fourth-order valence-corrected chi connectivity index (χ4v) is 5.10. The van der Waals surface area contributed by atoms with Crippen molar-refractivity contribution < 1.29 is 13.2 Å². The summed E-state index contributed by atoms with van der Waals surface area (Å²) in [5.74, 6) is -0.0827. The maximum absolute atomic E-state index is 12.7. The van der Waals surface area contributed by atoms with Crippen molar-refractivity contribution in [2.75, 3.05) is 11.4 Å². The van der Waals surface area contributed by atoms with Crippen LogP contribution in [0.5, 0.6) is 0 Å². The molecule has 7 heteroatoms. The van der Waals surface area contributed by atoms with E-state index < -0.39 is 10.0 Å². The van der Waals surface area contributed by atoms with Gasteiger partial charge in [-0.05, 0) is 30.7 Å². The maximum atomic E-state index is 12.7. The van der Waals surface area contributed by atoms with Crippen LogP contribution in [-0.4, -0.2) is 26.1 Å². The Hall–Kier alpha value is -1.83. The number of carbonyl (C=O) groups is 1. The van der Waals surface area contributed by atoms with Gasteiger partial charge in [0.15, 0.2) is 0 Å². The maximum Gasteiger partial charge on any atom is 0.240 e. The van der Waals surface area contributed by atoms with Crippen molar-refractivity contribution in [3.8, 4) is 0 Å². The molecule has 2 aromatic rings. The van der Waals surface area contributed by atoms with E-state index in [4.69, 9.17) is 0 Å². The van der Waals surface area contributed by atoms with Gasteiger partial charge >= 0.3 is 0 Å². The lowest BCUT2D eigenvalue weighted by molar-refractivity contribution is -0.116. The predicted molar refractivity (Wildman–Crippen MR) is 105 cm³/mol. The van der Waals surface area contributed by atoms with Crippen LogP contribution in [0.2, 0.25) is 0 Å². The number of nitrogens with one attached hydrogen (secondary N) is 1. The standard InChI is InChI=1S/C19H22N2O3S2/c1-13-5-4-6-16(9-13)11-20-26(23,24)17-7-8-19-18(10-17)21(15(3)22)12-14(2)25-19/h4-10,14,20H,11-12H2,1-3H3. The van der Waals surface area contributed by atoms with Gasteiger partial charge in [0, 0.05) is 30.2 Å². The summed E-state index contributed by atoms with van der Waals surface area (Å²) in [5.41, 5.74) is 2.65. The number of sulfonamides is 1. The van der Waals surface area contributed by atoms with E-state index in [2.05, 4.69) is 11.6 Å². The van der Waals surface area contributed by atoms with E-state index in [1.165, 1.54) is 6.92 Å². The molecule has 1 amide bonds. The van der Waals surface area contributed by atoms with E-state index in [1.54, 1.807) is 34.9 Å². The van der Waals surface area contributed by atoms with Gasteiger partial charge in [0.25, 0.3) is 0 Å². The molecule has 138 valence electrons. The molecular weight excluding hydrogens is 368 g/mol. The number of carbonyl (C=O) groups excluding carboxylic acids is 1. The number of amides is 1. The molecule has 0 spiro atoms. The van der Waals surface area contributed by atoms with E-state index in [9.17, 15) is 13.2 Å². The van der Waals surface area contributed by atoms with Crippen molar-refractivity contribution in [3.05, 3.63) is 53.6 Å². The Morgan fingerprint density at radius 1 is 1.27 bits per heavy atom. The lowest BCUT2D eigenvalue weighted by Gasteiger charge is -2.32. The highest BCUT2D eigenvalue weighted by atomic mass is 32.2. The summed E-state index contributed by atoms with van der Waals surface area (Å²) >= 11 is 1.66. The van der Waals surface area contributed by atoms with Crippen LogP contribution in [0.3, 0.4) is 0 Å². The van der Waals surface area contributed by atoms with Gasteiger partial charge in [-0.2, -0.15) is 0 Å². The summed E-state index contributed by atoms with van der Waals surface area (Å²) in [4.78, 5) is 14.7. The van der Waals surface area contributed by atoms with E-state index in [-0.39, 0.29) is 22.6 Å². The summed E-state index contributed by atoms with van der Waals surface area (Å²) in [6, 6.07) is 12.7. The smallest absolute Gasteiger partial charge is 0.240 e. The molecule has 0 aromatic heterocycles.